The molecule has 3 aromatic rings. The molecule has 0 aliphatic carbocycles. The number of carbonyl (C=O) groups is 3. The molecular weight excluding hydrogens is 506 g/mol. The summed E-state index contributed by atoms with van der Waals surface area (Å²) >= 11 is 0. The van der Waals surface area contributed by atoms with E-state index in [0.717, 1.165) is 11.1 Å². The number of rotatable bonds is 9. The maximum Gasteiger partial charge on any atom is 0.246 e. The summed E-state index contributed by atoms with van der Waals surface area (Å²) in [5.41, 5.74) is 1.38. The number of nitrogens with zero attached hydrogens (tertiary/aromatic N) is 1. The highest BCUT2D eigenvalue weighted by atomic mass is 16.5. The third-order valence-corrected chi connectivity index (χ3v) is 8.56. The molecule has 6 atom stereocenters. The van der Waals surface area contributed by atoms with Crippen molar-refractivity contribution in [1.29, 1.82) is 0 Å². The Morgan fingerprint density at radius 2 is 1.55 bits per heavy atom. The van der Waals surface area contributed by atoms with E-state index in [9.17, 15) is 19.5 Å². The molecule has 3 amide bonds. The Morgan fingerprint density at radius 3 is 2.20 bits per heavy atom. The molecule has 3 aliphatic rings. The standard InChI is InChI=1S/C32H33N3O5/c36-20-24(18-21-10-4-1-5-11-21)35-28(30(38)33-19-22-12-6-2-7-13-22)32-17-16-25(40-32)26(27(32)31(35)39)29(37)34-23-14-8-3-9-15-23/h1-15,24-28,36H,16-20H2,(H,33,38)(H,34,37)/t24-,25+,26-,27+,28?,32?/m1/s1. The minimum atomic E-state index is -1.13. The van der Waals surface area contributed by atoms with Crippen LogP contribution in [0.3, 0.4) is 0 Å². The molecule has 3 aliphatic heterocycles. The molecule has 0 saturated carbocycles. The lowest BCUT2D eigenvalue weighted by atomic mass is 9.70. The Labute approximate surface area is 233 Å². The zero-order chi connectivity index (χ0) is 27.7. The number of ether oxygens (including phenoxy) is 1. The van der Waals surface area contributed by atoms with Crippen LogP contribution >= 0.6 is 0 Å². The molecule has 3 aromatic carbocycles. The van der Waals surface area contributed by atoms with Crippen molar-refractivity contribution in [3.05, 3.63) is 102 Å². The number of benzene rings is 3. The molecule has 6 rings (SSSR count). The van der Waals surface area contributed by atoms with E-state index in [2.05, 4.69) is 10.6 Å². The number of nitrogens with one attached hydrogen (secondary N) is 2. The third kappa shape index (κ3) is 4.57. The molecule has 3 heterocycles. The number of amides is 3. The number of hydrogen-bond acceptors (Lipinski definition) is 5. The summed E-state index contributed by atoms with van der Waals surface area (Å²) in [4.78, 5) is 43.4. The van der Waals surface area contributed by atoms with Crippen molar-refractivity contribution in [3.8, 4) is 0 Å². The Morgan fingerprint density at radius 1 is 0.925 bits per heavy atom. The second-order valence-corrected chi connectivity index (χ2v) is 10.9. The largest absolute Gasteiger partial charge is 0.394 e. The SMILES string of the molecule is O=C(NCc1ccccc1)C1N([C@@H](CO)Cc2ccccc2)C(=O)[C@@H]2[C@H](C(=O)Nc3ccccc3)[C@@H]3CCC12O3. The van der Waals surface area contributed by atoms with Crippen LogP contribution in [0.1, 0.15) is 24.0 Å². The number of aliphatic hydroxyl groups is 1. The van der Waals surface area contributed by atoms with Gasteiger partial charge in [0, 0.05) is 12.2 Å². The molecular formula is C32H33N3O5. The average Bonchev–Trinajstić information content (AvgIpc) is 3.63. The smallest absolute Gasteiger partial charge is 0.246 e. The first-order valence-electron chi connectivity index (χ1n) is 13.8. The molecule has 0 aromatic heterocycles. The zero-order valence-corrected chi connectivity index (χ0v) is 22.1. The lowest BCUT2D eigenvalue weighted by molar-refractivity contribution is -0.145. The lowest BCUT2D eigenvalue weighted by Crippen LogP contribution is -2.58. The van der Waals surface area contributed by atoms with E-state index in [4.69, 9.17) is 4.74 Å². The van der Waals surface area contributed by atoms with Crippen LogP contribution in [-0.4, -0.2) is 58.1 Å². The van der Waals surface area contributed by atoms with Crippen LogP contribution in [0.15, 0.2) is 91.0 Å². The lowest BCUT2D eigenvalue weighted by Gasteiger charge is -2.36. The van der Waals surface area contributed by atoms with Crippen LogP contribution in [-0.2, 0) is 32.1 Å². The van der Waals surface area contributed by atoms with Gasteiger partial charge in [0.2, 0.25) is 17.7 Å². The van der Waals surface area contributed by atoms with Gasteiger partial charge in [-0.2, -0.15) is 0 Å². The number of anilines is 1. The highest BCUT2D eigenvalue weighted by Crippen LogP contribution is 2.59. The minimum Gasteiger partial charge on any atom is -0.394 e. The fourth-order valence-corrected chi connectivity index (χ4v) is 6.85. The molecule has 2 unspecified atom stereocenters. The number of likely N-dealkylation sites (tertiary alicyclic amines) is 1. The van der Waals surface area contributed by atoms with Gasteiger partial charge in [-0.3, -0.25) is 14.4 Å². The van der Waals surface area contributed by atoms with Gasteiger partial charge < -0.3 is 25.4 Å². The molecule has 0 radical (unpaired) electrons. The van der Waals surface area contributed by atoms with Crippen molar-refractivity contribution in [3.63, 3.8) is 0 Å². The van der Waals surface area contributed by atoms with Crippen LogP contribution in [0, 0.1) is 11.8 Å². The minimum absolute atomic E-state index is 0.287. The zero-order valence-electron chi connectivity index (χ0n) is 22.1. The molecule has 3 fully saturated rings. The Kier molecular flexibility index (Phi) is 7.12. The normalized spacial score (nSPS) is 27.3. The van der Waals surface area contributed by atoms with E-state index in [1.54, 1.807) is 12.1 Å². The number of hydrogen-bond donors (Lipinski definition) is 3. The Hall–Kier alpha value is -4.01. The van der Waals surface area contributed by atoms with Gasteiger partial charge in [0.25, 0.3) is 0 Å². The highest BCUT2D eigenvalue weighted by Gasteiger charge is 2.75. The monoisotopic (exact) mass is 539 g/mol. The van der Waals surface area contributed by atoms with Gasteiger partial charge in [-0.15, -0.1) is 0 Å². The second-order valence-electron chi connectivity index (χ2n) is 10.9. The fraction of sp³-hybridized carbons (Fsp3) is 0.344. The molecule has 40 heavy (non-hydrogen) atoms. The average molecular weight is 540 g/mol. The molecule has 8 nitrogen and oxygen atoms in total. The number of para-hydroxylation sites is 1. The van der Waals surface area contributed by atoms with Crippen molar-refractivity contribution in [2.24, 2.45) is 11.8 Å². The van der Waals surface area contributed by atoms with Gasteiger partial charge in [-0.05, 0) is 42.5 Å². The first-order valence-corrected chi connectivity index (χ1v) is 13.8. The van der Waals surface area contributed by atoms with Gasteiger partial charge in [-0.25, -0.2) is 0 Å². The summed E-state index contributed by atoms with van der Waals surface area (Å²) in [5, 5.41) is 16.5. The van der Waals surface area contributed by atoms with Crippen molar-refractivity contribution < 1.29 is 24.2 Å². The summed E-state index contributed by atoms with van der Waals surface area (Å²) in [6, 6.07) is 26.7. The highest BCUT2D eigenvalue weighted by molar-refractivity contribution is 6.02. The Bertz CT molecular complexity index is 1370. The summed E-state index contributed by atoms with van der Waals surface area (Å²) in [6.45, 7) is -0.0288. The van der Waals surface area contributed by atoms with Gasteiger partial charge in [-0.1, -0.05) is 78.9 Å². The Balaban J connectivity index is 1.33. The quantitative estimate of drug-likeness (QED) is 0.388. The predicted octanol–water partition coefficient (Wildman–Crippen LogP) is 2.92. The van der Waals surface area contributed by atoms with E-state index >= 15 is 0 Å². The van der Waals surface area contributed by atoms with Gasteiger partial charge in [0.05, 0.1) is 30.6 Å². The van der Waals surface area contributed by atoms with E-state index in [1.807, 2.05) is 78.9 Å². The molecule has 2 bridgehead atoms. The molecule has 1 spiro atoms. The third-order valence-electron chi connectivity index (χ3n) is 8.56. The van der Waals surface area contributed by atoms with Crippen molar-refractivity contribution in [2.75, 3.05) is 11.9 Å². The second kappa shape index (κ2) is 10.9. The van der Waals surface area contributed by atoms with Gasteiger partial charge >= 0.3 is 0 Å². The number of fused-ring (bicyclic) bond motifs is 1. The predicted molar refractivity (Wildman–Crippen MR) is 149 cm³/mol. The van der Waals surface area contributed by atoms with Crippen LogP contribution in [0.4, 0.5) is 5.69 Å². The summed E-state index contributed by atoms with van der Waals surface area (Å²) in [5.74, 6) is -2.48. The summed E-state index contributed by atoms with van der Waals surface area (Å²) in [6.07, 6.45) is 0.992. The summed E-state index contributed by atoms with van der Waals surface area (Å²) < 4.78 is 6.52. The first-order chi connectivity index (χ1) is 19.5. The van der Waals surface area contributed by atoms with Crippen molar-refractivity contribution in [1.82, 2.24) is 10.2 Å². The maximum absolute atomic E-state index is 14.3. The summed E-state index contributed by atoms with van der Waals surface area (Å²) in [7, 11) is 0. The van der Waals surface area contributed by atoms with Crippen molar-refractivity contribution in [2.45, 2.75) is 49.6 Å². The van der Waals surface area contributed by atoms with E-state index in [0.29, 0.717) is 31.5 Å². The van der Waals surface area contributed by atoms with Crippen LogP contribution in [0.2, 0.25) is 0 Å². The molecule has 3 saturated heterocycles. The van der Waals surface area contributed by atoms with Gasteiger partial charge in [0.1, 0.15) is 11.6 Å². The van der Waals surface area contributed by atoms with Crippen LogP contribution in [0.5, 0.6) is 0 Å². The van der Waals surface area contributed by atoms with Crippen LogP contribution in [0.25, 0.3) is 0 Å². The topological polar surface area (TPSA) is 108 Å². The van der Waals surface area contributed by atoms with Crippen LogP contribution < -0.4 is 10.6 Å². The molecule has 8 heteroatoms. The van der Waals surface area contributed by atoms with E-state index in [1.165, 1.54) is 4.90 Å². The van der Waals surface area contributed by atoms with E-state index in [-0.39, 0.29) is 24.3 Å². The number of aliphatic hydroxyl groups excluding tert-OH is 1. The maximum atomic E-state index is 14.3. The fourth-order valence-electron chi connectivity index (χ4n) is 6.85. The van der Waals surface area contributed by atoms with Gasteiger partial charge in [0.15, 0.2) is 0 Å². The van der Waals surface area contributed by atoms with Crippen molar-refractivity contribution >= 4 is 23.4 Å². The number of carbonyl (C=O) groups excluding carboxylic acids is 3. The molecule has 3 N–H and O–H groups in total. The van der Waals surface area contributed by atoms with E-state index < -0.39 is 35.6 Å². The molecule has 206 valence electrons. The first kappa shape index (κ1) is 26.2.